The Balaban J connectivity index is 1.39. The molecule has 2 saturated carbocycles. The molecule has 0 saturated heterocycles. The lowest BCUT2D eigenvalue weighted by molar-refractivity contribution is 0.153. The fourth-order valence-corrected chi connectivity index (χ4v) is 6.20. The van der Waals surface area contributed by atoms with Crippen molar-refractivity contribution in [1.29, 1.82) is 0 Å². The molecular weight excluding hydrogens is 403 g/mol. The lowest BCUT2D eigenvalue weighted by Gasteiger charge is -2.35. The van der Waals surface area contributed by atoms with Crippen molar-refractivity contribution >= 4 is 11.6 Å². The predicted molar refractivity (Wildman–Crippen MR) is 131 cm³/mol. The van der Waals surface area contributed by atoms with Gasteiger partial charge in [0.1, 0.15) is 6.17 Å². The van der Waals surface area contributed by atoms with Gasteiger partial charge in [-0.15, -0.1) is 0 Å². The van der Waals surface area contributed by atoms with E-state index in [9.17, 15) is 0 Å². The number of hydrogen-bond donors (Lipinski definition) is 0. The van der Waals surface area contributed by atoms with Crippen LogP contribution in [0.3, 0.4) is 0 Å². The molecule has 0 nitrogen and oxygen atoms in total. The zero-order valence-electron chi connectivity index (χ0n) is 19.2. The van der Waals surface area contributed by atoms with Gasteiger partial charge in [0.2, 0.25) is 0 Å². The fourth-order valence-electron chi connectivity index (χ4n) is 6.07. The van der Waals surface area contributed by atoms with E-state index in [0.717, 1.165) is 29.7 Å². The Bertz CT molecular complexity index is 821. The molecular formula is C29H38ClF. The minimum Gasteiger partial charge on any atom is -0.247 e. The lowest BCUT2D eigenvalue weighted by Crippen LogP contribution is -2.26. The highest BCUT2D eigenvalue weighted by Gasteiger charge is 2.33. The maximum absolute atomic E-state index is 15.5. The van der Waals surface area contributed by atoms with Gasteiger partial charge in [-0.2, -0.15) is 0 Å². The SMILES string of the molecule is CC(c1ccc(Cl)cc1)c1ccccc1C1CCC(CC[C@H]2CC[C@H](C)CC2)CC1F. The van der Waals surface area contributed by atoms with E-state index in [0.29, 0.717) is 5.92 Å². The minimum atomic E-state index is -0.719. The van der Waals surface area contributed by atoms with E-state index in [4.69, 9.17) is 11.6 Å². The second-order valence-electron chi connectivity index (χ2n) is 10.4. The van der Waals surface area contributed by atoms with Gasteiger partial charge in [-0.05, 0) is 65.8 Å². The van der Waals surface area contributed by atoms with Crippen molar-refractivity contribution < 1.29 is 4.39 Å². The summed E-state index contributed by atoms with van der Waals surface area (Å²) in [5, 5.41) is 0.758. The molecule has 2 aliphatic carbocycles. The summed E-state index contributed by atoms with van der Waals surface area (Å²) >= 11 is 6.08. The molecule has 2 aromatic rings. The molecule has 168 valence electrons. The maximum atomic E-state index is 15.5. The van der Waals surface area contributed by atoms with Crippen molar-refractivity contribution in [2.45, 2.75) is 89.6 Å². The van der Waals surface area contributed by atoms with Crippen LogP contribution < -0.4 is 0 Å². The van der Waals surface area contributed by atoms with E-state index in [-0.39, 0.29) is 11.8 Å². The number of benzene rings is 2. The molecule has 2 fully saturated rings. The molecule has 0 bridgehead atoms. The Kier molecular flexibility index (Phi) is 7.75. The predicted octanol–water partition coefficient (Wildman–Crippen LogP) is 9.32. The van der Waals surface area contributed by atoms with Crippen molar-refractivity contribution in [3.63, 3.8) is 0 Å². The molecule has 4 atom stereocenters. The van der Waals surface area contributed by atoms with Gasteiger partial charge in [0.25, 0.3) is 0 Å². The molecule has 4 unspecified atom stereocenters. The van der Waals surface area contributed by atoms with Gasteiger partial charge in [-0.3, -0.25) is 0 Å². The van der Waals surface area contributed by atoms with Gasteiger partial charge >= 0.3 is 0 Å². The topological polar surface area (TPSA) is 0 Å². The van der Waals surface area contributed by atoms with Crippen LogP contribution in [0.4, 0.5) is 4.39 Å². The maximum Gasteiger partial charge on any atom is 0.107 e. The average molecular weight is 441 g/mol. The van der Waals surface area contributed by atoms with Gasteiger partial charge in [0.05, 0.1) is 0 Å². The third-order valence-electron chi connectivity index (χ3n) is 8.23. The van der Waals surface area contributed by atoms with Gasteiger partial charge in [-0.25, -0.2) is 4.39 Å². The van der Waals surface area contributed by atoms with E-state index < -0.39 is 6.17 Å². The summed E-state index contributed by atoms with van der Waals surface area (Å²) in [4.78, 5) is 0. The Morgan fingerprint density at radius 3 is 2.23 bits per heavy atom. The van der Waals surface area contributed by atoms with Crippen LogP contribution >= 0.6 is 11.6 Å². The van der Waals surface area contributed by atoms with Crippen molar-refractivity contribution in [2.75, 3.05) is 0 Å². The Morgan fingerprint density at radius 1 is 0.871 bits per heavy atom. The van der Waals surface area contributed by atoms with E-state index in [2.05, 4.69) is 50.2 Å². The molecule has 2 heteroatoms. The van der Waals surface area contributed by atoms with E-state index in [1.165, 1.54) is 61.6 Å². The fraction of sp³-hybridized carbons (Fsp3) is 0.586. The number of halogens is 2. The summed E-state index contributed by atoms with van der Waals surface area (Å²) in [6.07, 6.45) is 10.3. The van der Waals surface area contributed by atoms with Crippen LogP contribution in [0.15, 0.2) is 48.5 Å². The molecule has 0 aromatic heterocycles. The molecule has 0 aliphatic heterocycles. The Morgan fingerprint density at radius 2 is 1.52 bits per heavy atom. The van der Waals surface area contributed by atoms with Crippen LogP contribution in [-0.2, 0) is 0 Å². The summed E-state index contributed by atoms with van der Waals surface area (Å²) in [5.41, 5.74) is 3.73. The summed E-state index contributed by atoms with van der Waals surface area (Å²) in [5.74, 6) is 2.67. The van der Waals surface area contributed by atoms with Crippen molar-refractivity contribution in [3.05, 3.63) is 70.2 Å². The molecule has 0 radical (unpaired) electrons. The highest BCUT2D eigenvalue weighted by Crippen LogP contribution is 2.43. The van der Waals surface area contributed by atoms with Crippen LogP contribution in [0, 0.1) is 17.8 Å². The number of alkyl halides is 1. The third-order valence-corrected chi connectivity index (χ3v) is 8.48. The zero-order valence-corrected chi connectivity index (χ0v) is 20.0. The van der Waals surface area contributed by atoms with Crippen LogP contribution in [0.2, 0.25) is 5.02 Å². The summed E-state index contributed by atoms with van der Waals surface area (Å²) < 4.78 is 15.5. The smallest absolute Gasteiger partial charge is 0.107 e. The Hall–Kier alpha value is -1.34. The van der Waals surface area contributed by atoms with E-state index in [1.54, 1.807) is 0 Å². The van der Waals surface area contributed by atoms with Crippen LogP contribution in [0.5, 0.6) is 0 Å². The van der Waals surface area contributed by atoms with Gasteiger partial charge in [-0.1, -0.05) is 100 Å². The van der Waals surface area contributed by atoms with Crippen LogP contribution in [0.1, 0.15) is 100 Å². The first-order valence-electron chi connectivity index (χ1n) is 12.5. The van der Waals surface area contributed by atoms with Crippen LogP contribution in [0.25, 0.3) is 0 Å². The molecule has 0 heterocycles. The minimum absolute atomic E-state index is 0.0396. The highest BCUT2D eigenvalue weighted by atomic mass is 35.5. The highest BCUT2D eigenvalue weighted by molar-refractivity contribution is 6.30. The average Bonchev–Trinajstić information content (AvgIpc) is 2.79. The second-order valence-corrected chi connectivity index (χ2v) is 10.8. The van der Waals surface area contributed by atoms with Gasteiger partial charge < -0.3 is 0 Å². The first kappa shape index (κ1) is 22.8. The Labute approximate surface area is 193 Å². The molecule has 4 rings (SSSR count). The lowest BCUT2D eigenvalue weighted by atomic mass is 9.72. The zero-order chi connectivity index (χ0) is 21.8. The molecule has 2 aliphatic rings. The molecule has 31 heavy (non-hydrogen) atoms. The van der Waals surface area contributed by atoms with E-state index >= 15 is 4.39 Å². The number of rotatable bonds is 6. The second kappa shape index (κ2) is 10.5. The van der Waals surface area contributed by atoms with Crippen molar-refractivity contribution in [3.8, 4) is 0 Å². The van der Waals surface area contributed by atoms with Gasteiger partial charge in [0, 0.05) is 16.9 Å². The third kappa shape index (κ3) is 5.72. The van der Waals surface area contributed by atoms with Crippen molar-refractivity contribution in [2.24, 2.45) is 17.8 Å². The summed E-state index contributed by atoms with van der Waals surface area (Å²) in [6.45, 7) is 4.61. The standard InChI is InChI=1S/C29H38ClF/c1-20-7-9-22(10-8-20)11-12-23-13-18-28(29(31)19-23)27-6-4-3-5-26(27)21(2)24-14-16-25(30)17-15-24/h3-6,14-17,20-23,28-29H,7-13,18-19H2,1-2H3/t20-,21?,22-,23?,28?,29?. The number of hydrogen-bond acceptors (Lipinski definition) is 0. The molecule has 0 N–H and O–H groups in total. The van der Waals surface area contributed by atoms with E-state index in [1.807, 2.05) is 12.1 Å². The molecule has 0 spiro atoms. The molecule has 0 amide bonds. The van der Waals surface area contributed by atoms with Crippen molar-refractivity contribution in [1.82, 2.24) is 0 Å². The largest absolute Gasteiger partial charge is 0.247 e. The summed E-state index contributed by atoms with van der Waals surface area (Å²) in [7, 11) is 0. The van der Waals surface area contributed by atoms with Crippen LogP contribution in [-0.4, -0.2) is 6.17 Å². The monoisotopic (exact) mass is 440 g/mol. The van der Waals surface area contributed by atoms with Gasteiger partial charge in [0.15, 0.2) is 0 Å². The summed E-state index contributed by atoms with van der Waals surface area (Å²) in [6, 6.07) is 16.6. The first-order valence-corrected chi connectivity index (χ1v) is 12.9. The first-order chi connectivity index (χ1) is 15.0. The quantitative estimate of drug-likeness (QED) is 0.419. The normalized spacial score (nSPS) is 30.1. The molecule has 2 aromatic carbocycles.